The summed E-state index contributed by atoms with van der Waals surface area (Å²) in [5.41, 5.74) is 1.78. The van der Waals surface area contributed by atoms with E-state index < -0.39 is 0 Å². The van der Waals surface area contributed by atoms with Gasteiger partial charge in [-0.3, -0.25) is 0 Å². The first kappa shape index (κ1) is 16.2. The minimum atomic E-state index is 0.123. The number of nitrogens with zero attached hydrogens (tertiary/aromatic N) is 4. The van der Waals surface area contributed by atoms with Gasteiger partial charge in [-0.1, -0.05) is 35.5 Å². The highest BCUT2D eigenvalue weighted by atomic mass is 35.5. The number of halogens is 1. The maximum Gasteiger partial charge on any atom is 0.229 e. The van der Waals surface area contributed by atoms with Crippen LogP contribution in [0, 0.1) is 0 Å². The second-order valence-corrected chi connectivity index (χ2v) is 5.79. The van der Waals surface area contributed by atoms with Crippen LogP contribution in [0.5, 0.6) is 0 Å². The summed E-state index contributed by atoms with van der Waals surface area (Å²) >= 11 is 5.92. The van der Waals surface area contributed by atoms with Crippen LogP contribution in [0.25, 0.3) is 11.3 Å². The van der Waals surface area contributed by atoms with Gasteiger partial charge in [-0.25, -0.2) is 0 Å². The Kier molecular flexibility index (Phi) is 4.90. The van der Waals surface area contributed by atoms with Gasteiger partial charge in [0.05, 0.1) is 6.54 Å². The quantitative estimate of drug-likeness (QED) is 0.706. The van der Waals surface area contributed by atoms with E-state index >= 15 is 0 Å². The van der Waals surface area contributed by atoms with Crippen LogP contribution >= 0.6 is 11.6 Å². The highest BCUT2D eigenvalue weighted by Crippen LogP contribution is 2.19. The fourth-order valence-electron chi connectivity index (χ4n) is 2.06. The minimum absolute atomic E-state index is 0.123. The maximum absolute atomic E-state index is 5.92. The molecule has 124 valence electrons. The standard InChI is InChI=1S/C16H17ClN6O/c1-10(2)19-16-21-14(17)20-15(22-16)18-9-12-8-13(23-24-12)11-6-4-3-5-7-11/h3-8,10H,9H2,1-2H3,(H2,18,19,20,21,22). The molecule has 0 saturated carbocycles. The molecule has 2 heterocycles. The molecule has 0 spiro atoms. The number of benzene rings is 1. The van der Waals surface area contributed by atoms with Gasteiger partial charge in [0.15, 0.2) is 5.76 Å². The molecule has 0 bridgehead atoms. The first-order valence-corrected chi connectivity index (χ1v) is 7.91. The van der Waals surface area contributed by atoms with Crippen LogP contribution in [0.1, 0.15) is 19.6 Å². The van der Waals surface area contributed by atoms with Gasteiger partial charge in [0, 0.05) is 17.7 Å². The first-order valence-electron chi connectivity index (χ1n) is 7.53. The first-order chi connectivity index (χ1) is 11.6. The lowest BCUT2D eigenvalue weighted by Gasteiger charge is -2.09. The van der Waals surface area contributed by atoms with Gasteiger partial charge in [0.25, 0.3) is 0 Å². The van der Waals surface area contributed by atoms with E-state index in [2.05, 4.69) is 30.7 Å². The summed E-state index contributed by atoms with van der Waals surface area (Å²) < 4.78 is 5.33. The zero-order valence-corrected chi connectivity index (χ0v) is 14.1. The van der Waals surface area contributed by atoms with Gasteiger partial charge in [-0.05, 0) is 25.4 Å². The molecule has 0 fully saturated rings. The topological polar surface area (TPSA) is 88.8 Å². The van der Waals surface area contributed by atoms with E-state index in [9.17, 15) is 0 Å². The number of aromatic nitrogens is 4. The molecule has 7 nitrogen and oxygen atoms in total. The number of hydrogen-bond donors (Lipinski definition) is 2. The maximum atomic E-state index is 5.92. The van der Waals surface area contributed by atoms with Crippen molar-refractivity contribution in [3.8, 4) is 11.3 Å². The monoisotopic (exact) mass is 344 g/mol. The lowest BCUT2D eigenvalue weighted by Crippen LogP contribution is -2.14. The predicted molar refractivity (Wildman–Crippen MR) is 92.9 cm³/mol. The molecule has 0 radical (unpaired) electrons. The van der Waals surface area contributed by atoms with E-state index in [1.807, 2.05) is 50.2 Å². The third kappa shape index (κ3) is 4.20. The molecule has 0 unspecified atom stereocenters. The summed E-state index contributed by atoms with van der Waals surface area (Å²) in [6.07, 6.45) is 0. The van der Waals surface area contributed by atoms with Gasteiger partial charge in [0.2, 0.25) is 17.2 Å². The summed E-state index contributed by atoms with van der Waals surface area (Å²) in [6, 6.07) is 11.9. The Morgan fingerprint density at radius 3 is 2.58 bits per heavy atom. The van der Waals surface area contributed by atoms with Crippen molar-refractivity contribution in [3.05, 3.63) is 47.4 Å². The Bertz CT molecular complexity index is 805. The molecule has 3 aromatic rings. The van der Waals surface area contributed by atoms with Gasteiger partial charge in [0.1, 0.15) is 5.69 Å². The summed E-state index contributed by atoms with van der Waals surface area (Å²) in [6.45, 7) is 4.37. The van der Waals surface area contributed by atoms with E-state index in [4.69, 9.17) is 16.1 Å². The number of hydrogen-bond acceptors (Lipinski definition) is 7. The van der Waals surface area contributed by atoms with Crippen LogP contribution in [0.4, 0.5) is 11.9 Å². The van der Waals surface area contributed by atoms with Gasteiger partial charge < -0.3 is 15.2 Å². The van der Waals surface area contributed by atoms with Crippen LogP contribution in [-0.2, 0) is 6.54 Å². The molecule has 3 rings (SSSR count). The molecule has 0 atom stereocenters. The van der Waals surface area contributed by atoms with Gasteiger partial charge in [-0.15, -0.1) is 0 Å². The summed E-state index contributed by atoms with van der Waals surface area (Å²) in [4.78, 5) is 12.3. The lowest BCUT2D eigenvalue weighted by molar-refractivity contribution is 0.390. The molecular formula is C16H17ClN6O. The van der Waals surface area contributed by atoms with Crippen molar-refractivity contribution in [2.24, 2.45) is 0 Å². The van der Waals surface area contributed by atoms with Gasteiger partial charge >= 0.3 is 0 Å². The largest absolute Gasteiger partial charge is 0.359 e. The Hall–Kier alpha value is -2.67. The molecule has 0 aliphatic carbocycles. The smallest absolute Gasteiger partial charge is 0.229 e. The third-order valence-corrected chi connectivity index (χ3v) is 3.24. The Balaban J connectivity index is 1.68. The van der Waals surface area contributed by atoms with Gasteiger partial charge in [-0.2, -0.15) is 15.0 Å². The van der Waals surface area contributed by atoms with Crippen molar-refractivity contribution in [1.82, 2.24) is 20.1 Å². The van der Waals surface area contributed by atoms with Crippen LogP contribution < -0.4 is 10.6 Å². The lowest BCUT2D eigenvalue weighted by atomic mass is 10.1. The van der Waals surface area contributed by atoms with Crippen LogP contribution in [-0.4, -0.2) is 26.2 Å². The van der Waals surface area contributed by atoms with Crippen molar-refractivity contribution in [3.63, 3.8) is 0 Å². The number of nitrogens with one attached hydrogen (secondary N) is 2. The Morgan fingerprint density at radius 2 is 1.83 bits per heavy atom. The number of anilines is 2. The molecule has 2 aromatic heterocycles. The highest BCUT2D eigenvalue weighted by Gasteiger charge is 2.09. The second kappa shape index (κ2) is 7.27. The average Bonchev–Trinajstić information content (AvgIpc) is 3.01. The number of rotatable bonds is 6. The van der Waals surface area contributed by atoms with E-state index in [0.29, 0.717) is 24.2 Å². The molecule has 24 heavy (non-hydrogen) atoms. The third-order valence-electron chi connectivity index (χ3n) is 3.08. The molecule has 0 saturated heterocycles. The highest BCUT2D eigenvalue weighted by molar-refractivity contribution is 6.28. The SMILES string of the molecule is CC(C)Nc1nc(Cl)nc(NCc2cc(-c3ccccc3)no2)n1. The van der Waals surface area contributed by atoms with Crippen molar-refractivity contribution >= 4 is 23.5 Å². The van der Waals surface area contributed by atoms with Crippen molar-refractivity contribution in [2.75, 3.05) is 10.6 Å². The molecule has 0 amide bonds. The molecule has 0 aliphatic heterocycles. The van der Waals surface area contributed by atoms with Crippen LogP contribution in [0.2, 0.25) is 5.28 Å². The summed E-state index contributed by atoms with van der Waals surface area (Å²) in [5, 5.41) is 10.3. The van der Waals surface area contributed by atoms with E-state index in [1.165, 1.54) is 0 Å². The summed E-state index contributed by atoms with van der Waals surface area (Å²) in [7, 11) is 0. The van der Waals surface area contributed by atoms with E-state index in [0.717, 1.165) is 11.3 Å². The predicted octanol–water partition coefficient (Wildman–Crippen LogP) is 3.61. The van der Waals surface area contributed by atoms with E-state index in [1.54, 1.807) is 0 Å². The normalized spacial score (nSPS) is 10.8. The summed E-state index contributed by atoms with van der Waals surface area (Å²) in [5.74, 6) is 1.47. The molecule has 2 N–H and O–H groups in total. The van der Waals surface area contributed by atoms with Crippen molar-refractivity contribution < 1.29 is 4.52 Å². The Labute approximate surface area is 144 Å². The zero-order chi connectivity index (χ0) is 16.9. The van der Waals surface area contributed by atoms with Crippen LogP contribution in [0.15, 0.2) is 40.9 Å². The zero-order valence-electron chi connectivity index (χ0n) is 13.3. The average molecular weight is 345 g/mol. The molecule has 0 aliphatic rings. The fourth-order valence-corrected chi connectivity index (χ4v) is 2.22. The second-order valence-electron chi connectivity index (χ2n) is 5.45. The molecule has 1 aromatic carbocycles. The minimum Gasteiger partial charge on any atom is -0.359 e. The van der Waals surface area contributed by atoms with E-state index in [-0.39, 0.29) is 11.3 Å². The molecule has 8 heteroatoms. The van der Waals surface area contributed by atoms with Crippen LogP contribution in [0.3, 0.4) is 0 Å². The molecular weight excluding hydrogens is 328 g/mol. The van der Waals surface area contributed by atoms with Crippen molar-refractivity contribution in [2.45, 2.75) is 26.4 Å². The Morgan fingerprint density at radius 1 is 1.08 bits per heavy atom. The van der Waals surface area contributed by atoms with Crippen molar-refractivity contribution in [1.29, 1.82) is 0 Å². The fraction of sp³-hybridized carbons (Fsp3) is 0.250.